The maximum atomic E-state index is 5.48. The van der Waals surface area contributed by atoms with Crippen LogP contribution in [-0.2, 0) is 6.42 Å². The summed E-state index contributed by atoms with van der Waals surface area (Å²) >= 11 is 3.51. The first kappa shape index (κ1) is 9.68. The number of rotatable bonds is 3. The highest BCUT2D eigenvalue weighted by atomic mass is 79.9. The summed E-state index contributed by atoms with van der Waals surface area (Å²) in [4.78, 5) is 4.37. The number of aromatic nitrogens is 2. The van der Waals surface area contributed by atoms with Crippen LogP contribution in [-0.4, -0.2) is 15.9 Å². The molecule has 0 fully saturated rings. The molecule has 0 bridgehead atoms. The van der Waals surface area contributed by atoms with E-state index in [1.165, 1.54) is 0 Å². The van der Waals surface area contributed by atoms with E-state index in [9.17, 15) is 0 Å². The monoisotopic (exact) mass is 253 g/mol. The average molecular weight is 254 g/mol. The van der Waals surface area contributed by atoms with Gasteiger partial charge in [0.05, 0.1) is 16.3 Å². The van der Waals surface area contributed by atoms with Crippen LogP contribution >= 0.6 is 15.9 Å². The van der Waals surface area contributed by atoms with Crippen molar-refractivity contribution in [3.8, 4) is 0 Å². The standard InChI is InChI=1S/C10H12BrN3/c11-9-4-1-3-8-7-13-10(14(8)9)5-2-6-12/h1,3-4,7H,2,5-6,12H2. The van der Waals surface area contributed by atoms with Crippen molar-refractivity contribution in [1.29, 1.82) is 0 Å². The predicted molar refractivity (Wildman–Crippen MR) is 60.3 cm³/mol. The van der Waals surface area contributed by atoms with E-state index < -0.39 is 0 Å². The number of imidazole rings is 1. The summed E-state index contributed by atoms with van der Waals surface area (Å²) in [5.74, 6) is 1.07. The number of hydrogen-bond acceptors (Lipinski definition) is 2. The van der Waals surface area contributed by atoms with Crippen LogP contribution in [0.5, 0.6) is 0 Å². The maximum absolute atomic E-state index is 5.48. The van der Waals surface area contributed by atoms with E-state index in [0.717, 1.165) is 28.8 Å². The van der Waals surface area contributed by atoms with Crippen LogP contribution in [0.2, 0.25) is 0 Å². The molecule has 0 saturated heterocycles. The predicted octanol–water partition coefficient (Wildman–Crippen LogP) is 1.99. The molecule has 14 heavy (non-hydrogen) atoms. The normalized spacial score (nSPS) is 11.0. The second-order valence-corrected chi connectivity index (χ2v) is 3.99. The first-order chi connectivity index (χ1) is 6.83. The van der Waals surface area contributed by atoms with Crippen LogP contribution in [0, 0.1) is 0 Å². The topological polar surface area (TPSA) is 43.3 Å². The van der Waals surface area contributed by atoms with Gasteiger partial charge in [-0.05, 0) is 41.0 Å². The molecule has 0 spiro atoms. The van der Waals surface area contributed by atoms with Gasteiger partial charge in [0.1, 0.15) is 5.82 Å². The van der Waals surface area contributed by atoms with Gasteiger partial charge in [0.15, 0.2) is 0 Å². The molecule has 2 N–H and O–H groups in total. The number of halogens is 1. The van der Waals surface area contributed by atoms with Crippen molar-refractivity contribution in [3.05, 3.63) is 34.8 Å². The van der Waals surface area contributed by atoms with Gasteiger partial charge < -0.3 is 5.73 Å². The van der Waals surface area contributed by atoms with Gasteiger partial charge in [-0.15, -0.1) is 0 Å². The number of aryl methyl sites for hydroxylation is 1. The Morgan fingerprint density at radius 2 is 2.29 bits per heavy atom. The van der Waals surface area contributed by atoms with E-state index in [1.807, 2.05) is 24.4 Å². The van der Waals surface area contributed by atoms with Crippen molar-refractivity contribution >= 4 is 21.4 Å². The Morgan fingerprint density at radius 1 is 1.43 bits per heavy atom. The summed E-state index contributed by atoms with van der Waals surface area (Å²) in [6, 6.07) is 6.07. The SMILES string of the molecule is NCCCc1ncc2cccc(Br)n12. The molecule has 2 rings (SSSR count). The zero-order valence-electron chi connectivity index (χ0n) is 7.78. The molecule has 0 saturated carbocycles. The van der Waals surface area contributed by atoms with E-state index in [0.29, 0.717) is 6.54 Å². The van der Waals surface area contributed by atoms with E-state index >= 15 is 0 Å². The van der Waals surface area contributed by atoms with E-state index in [2.05, 4.69) is 25.3 Å². The van der Waals surface area contributed by atoms with Gasteiger partial charge in [-0.1, -0.05) is 6.07 Å². The summed E-state index contributed by atoms with van der Waals surface area (Å²) in [5.41, 5.74) is 6.60. The molecule has 0 amide bonds. The summed E-state index contributed by atoms with van der Waals surface area (Å²) in [7, 11) is 0. The lowest BCUT2D eigenvalue weighted by atomic mass is 10.3. The summed E-state index contributed by atoms with van der Waals surface area (Å²) in [5, 5.41) is 0. The Hall–Kier alpha value is -0.870. The second-order valence-electron chi connectivity index (χ2n) is 3.18. The molecular weight excluding hydrogens is 242 g/mol. The highest BCUT2D eigenvalue weighted by Gasteiger charge is 2.04. The first-order valence-corrected chi connectivity index (χ1v) is 5.43. The largest absolute Gasteiger partial charge is 0.330 e. The third kappa shape index (κ3) is 1.67. The Labute approximate surface area is 91.1 Å². The number of hydrogen-bond donors (Lipinski definition) is 1. The first-order valence-electron chi connectivity index (χ1n) is 4.64. The average Bonchev–Trinajstić information content (AvgIpc) is 2.59. The lowest BCUT2D eigenvalue weighted by Gasteiger charge is -2.02. The molecule has 0 aliphatic carbocycles. The van der Waals surface area contributed by atoms with Gasteiger partial charge in [-0.2, -0.15) is 0 Å². The van der Waals surface area contributed by atoms with Crippen LogP contribution in [0.1, 0.15) is 12.2 Å². The number of pyridine rings is 1. The van der Waals surface area contributed by atoms with E-state index in [1.54, 1.807) is 0 Å². The molecule has 0 aliphatic heterocycles. The Bertz CT molecular complexity index is 436. The van der Waals surface area contributed by atoms with Gasteiger partial charge in [0, 0.05) is 6.42 Å². The van der Waals surface area contributed by atoms with Crippen molar-refractivity contribution in [3.63, 3.8) is 0 Å². The third-order valence-electron chi connectivity index (χ3n) is 2.18. The maximum Gasteiger partial charge on any atom is 0.114 e. The summed E-state index contributed by atoms with van der Waals surface area (Å²) in [6.07, 6.45) is 3.78. The van der Waals surface area contributed by atoms with Crippen LogP contribution in [0.25, 0.3) is 5.52 Å². The molecule has 2 aromatic heterocycles. The summed E-state index contributed by atoms with van der Waals surface area (Å²) in [6.45, 7) is 0.708. The number of nitrogens with zero attached hydrogens (tertiary/aromatic N) is 2. The van der Waals surface area contributed by atoms with Gasteiger partial charge in [0.25, 0.3) is 0 Å². The van der Waals surface area contributed by atoms with Crippen molar-refractivity contribution in [1.82, 2.24) is 9.38 Å². The van der Waals surface area contributed by atoms with Crippen molar-refractivity contribution in [2.75, 3.05) is 6.54 Å². The van der Waals surface area contributed by atoms with E-state index in [-0.39, 0.29) is 0 Å². The lowest BCUT2D eigenvalue weighted by Crippen LogP contribution is -2.03. The zero-order valence-corrected chi connectivity index (χ0v) is 9.37. The molecule has 3 nitrogen and oxygen atoms in total. The van der Waals surface area contributed by atoms with Crippen LogP contribution < -0.4 is 5.73 Å². The highest BCUT2D eigenvalue weighted by molar-refractivity contribution is 9.10. The molecule has 0 atom stereocenters. The Kier molecular flexibility index (Phi) is 2.84. The molecule has 2 aromatic rings. The minimum atomic E-state index is 0.708. The quantitative estimate of drug-likeness (QED) is 0.851. The van der Waals surface area contributed by atoms with Crippen molar-refractivity contribution in [2.24, 2.45) is 5.73 Å². The molecular formula is C10H12BrN3. The molecule has 0 radical (unpaired) electrons. The third-order valence-corrected chi connectivity index (χ3v) is 2.80. The van der Waals surface area contributed by atoms with Gasteiger partial charge >= 0.3 is 0 Å². The van der Waals surface area contributed by atoms with Gasteiger partial charge in [-0.3, -0.25) is 4.40 Å². The van der Waals surface area contributed by atoms with Crippen molar-refractivity contribution < 1.29 is 0 Å². The molecule has 74 valence electrons. The smallest absolute Gasteiger partial charge is 0.114 e. The van der Waals surface area contributed by atoms with Crippen LogP contribution in [0.3, 0.4) is 0 Å². The Balaban J connectivity index is 2.45. The summed E-state index contributed by atoms with van der Waals surface area (Å²) < 4.78 is 3.15. The fourth-order valence-corrected chi connectivity index (χ4v) is 2.07. The van der Waals surface area contributed by atoms with E-state index in [4.69, 9.17) is 5.73 Å². The van der Waals surface area contributed by atoms with Gasteiger partial charge in [-0.25, -0.2) is 4.98 Å². The highest BCUT2D eigenvalue weighted by Crippen LogP contribution is 2.16. The molecule has 0 unspecified atom stereocenters. The van der Waals surface area contributed by atoms with Crippen molar-refractivity contribution in [2.45, 2.75) is 12.8 Å². The van der Waals surface area contributed by atoms with Gasteiger partial charge in [0.2, 0.25) is 0 Å². The lowest BCUT2D eigenvalue weighted by molar-refractivity contribution is 0.774. The molecule has 4 heteroatoms. The molecule has 0 aliphatic rings. The minimum absolute atomic E-state index is 0.708. The molecule has 0 aromatic carbocycles. The Morgan fingerprint density at radius 3 is 3.07 bits per heavy atom. The zero-order chi connectivity index (χ0) is 9.97. The minimum Gasteiger partial charge on any atom is -0.330 e. The fourth-order valence-electron chi connectivity index (χ4n) is 1.51. The van der Waals surface area contributed by atoms with Crippen LogP contribution in [0.4, 0.5) is 0 Å². The number of nitrogens with two attached hydrogens (primary N) is 1. The fraction of sp³-hybridized carbons (Fsp3) is 0.300. The van der Waals surface area contributed by atoms with Crippen LogP contribution in [0.15, 0.2) is 29.0 Å². The number of fused-ring (bicyclic) bond motifs is 1. The molecule has 2 heterocycles. The second kappa shape index (κ2) is 4.11.